The Morgan fingerprint density at radius 1 is 1.15 bits per heavy atom. The van der Waals surface area contributed by atoms with Crippen LogP contribution in [0.4, 0.5) is 14.5 Å². The minimum Gasteiger partial charge on any atom is -0.258 e. The topological polar surface area (TPSA) is 56.0 Å². The van der Waals surface area contributed by atoms with E-state index in [0.29, 0.717) is 20.8 Å². The van der Waals surface area contributed by atoms with E-state index in [-0.39, 0.29) is 5.82 Å². The summed E-state index contributed by atoms with van der Waals surface area (Å²) in [6.45, 7) is 0. The third-order valence-corrected chi connectivity index (χ3v) is 3.81. The van der Waals surface area contributed by atoms with E-state index in [0.717, 1.165) is 12.1 Å². The number of hydrogen-bond acceptors (Lipinski definition) is 4. The van der Waals surface area contributed by atoms with Crippen LogP contribution in [0.25, 0.3) is 20.8 Å². The molecular weight excluding hydrogens is 286 g/mol. The molecule has 0 N–H and O–H groups in total. The molecular formula is C13H6F2N2O2S. The molecule has 0 unspecified atom stereocenters. The van der Waals surface area contributed by atoms with Gasteiger partial charge in [-0.25, -0.2) is 9.37 Å². The average Bonchev–Trinajstić information content (AvgIpc) is 2.81. The SMILES string of the molecule is O=[N+]([O-])c1cc(-c2nc3ccc(F)cc3s2)ccc1F. The van der Waals surface area contributed by atoms with Gasteiger partial charge in [-0.15, -0.1) is 11.3 Å². The summed E-state index contributed by atoms with van der Waals surface area (Å²) in [4.78, 5) is 14.2. The lowest BCUT2D eigenvalue weighted by atomic mass is 10.2. The van der Waals surface area contributed by atoms with Crippen LogP contribution < -0.4 is 0 Å². The Labute approximate surface area is 115 Å². The fourth-order valence-electron chi connectivity index (χ4n) is 1.81. The summed E-state index contributed by atoms with van der Waals surface area (Å²) in [5, 5.41) is 11.2. The van der Waals surface area contributed by atoms with Crippen molar-refractivity contribution in [2.24, 2.45) is 0 Å². The van der Waals surface area contributed by atoms with Crippen molar-refractivity contribution >= 4 is 27.2 Å². The van der Waals surface area contributed by atoms with E-state index in [9.17, 15) is 18.9 Å². The van der Waals surface area contributed by atoms with Crippen molar-refractivity contribution < 1.29 is 13.7 Å². The Balaban J connectivity index is 2.15. The fraction of sp³-hybridized carbons (Fsp3) is 0. The van der Waals surface area contributed by atoms with Gasteiger partial charge in [-0.05, 0) is 30.3 Å². The van der Waals surface area contributed by atoms with Gasteiger partial charge < -0.3 is 0 Å². The minimum absolute atomic E-state index is 0.377. The van der Waals surface area contributed by atoms with Crippen molar-refractivity contribution in [1.82, 2.24) is 4.98 Å². The number of nitrogens with zero attached hydrogens (tertiary/aromatic N) is 2. The molecule has 0 fully saturated rings. The lowest BCUT2D eigenvalue weighted by Gasteiger charge is -1.97. The lowest BCUT2D eigenvalue weighted by molar-refractivity contribution is -0.387. The second-order valence-corrected chi connectivity index (χ2v) is 5.09. The normalized spacial score (nSPS) is 10.9. The van der Waals surface area contributed by atoms with Crippen LogP contribution in [-0.4, -0.2) is 9.91 Å². The van der Waals surface area contributed by atoms with Gasteiger partial charge in [-0.3, -0.25) is 10.1 Å². The zero-order valence-electron chi connectivity index (χ0n) is 9.84. The van der Waals surface area contributed by atoms with E-state index in [2.05, 4.69) is 4.98 Å². The second kappa shape index (κ2) is 4.61. The molecule has 100 valence electrons. The van der Waals surface area contributed by atoms with Gasteiger partial charge in [0, 0.05) is 11.6 Å². The van der Waals surface area contributed by atoms with Gasteiger partial charge in [-0.1, -0.05) is 0 Å². The van der Waals surface area contributed by atoms with E-state index >= 15 is 0 Å². The number of halogens is 2. The van der Waals surface area contributed by atoms with Gasteiger partial charge in [-0.2, -0.15) is 4.39 Å². The quantitative estimate of drug-likeness (QED) is 0.526. The number of rotatable bonds is 2. The third kappa shape index (κ3) is 2.12. The molecule has 0 amide bonds. The van der Waals surface area contributed by atoms with Crippen molar-refractivity contribution in [2.75, 3.05) is 0 Å². The molecule has 3 rings (SSSR count). The van der Waals surface area contributed by atoms with Crippen LogP contribution in [0.15, 0.2) is 36.4 Å². The highest BCUT2D eigenvalue weighted by molar-refractivity contribution is 7.21. The largest absolute Gasteiger partial charge is 0.305 e. The lowest BCUT2D eigenvalue weighted by Crippen LogP contribution is -1.92. The molecule has 0 saturated heterocycles. The summed E-state index contributed by atoms with van der Waals surface area (Å²) >= 11 is 1.19. The van der Waals surface area contributed by atoms with Gasteiger partial charge in [0.05, 0.1) is 15.1 Å². The number of aromatic nitrogens is 1. The minimum atomic E-state index is -0.897. The number of benzene rings is 2. The van der Waals surface area contributed by atoms with Gasteiger partial charge in [0.1, 0.15) is 10.8 Å². The maximum absolute atomic E-state index is 13.3. The first kappa shape index (κ1) is 12.6. The molecule has 2 aromatic carbocycles. The number of thiazole rings is 1. The molecule has 0 aliphatic carbocycles. The first-order valence-corrected chi connectivity index (χ1v) is 6.36. The van der Waals surface area contributed by atoms with E-state index < -0.39 is 16.4 Å². The summed E-state index contributed by atoms with van der Waals surface area (Å²) in [6, 6.07) is 7.73. The Morgan fingerprint density at radius 2 is 1.95 bits per heavy atom. The third-order valence-electron chi connectivity index (χ3n) is 2.74. The number of nitro benzene ring substituents is 1. The predicted octanol–water partition coefficient (Wildman–Crippen LogP) is 4.15. The summed E-state index contributed by atoms with van der Waals surface area (Å²) in [7, 11) is 0. The molecule has 3 aromatic rings. The molecule has 4 nitrogen and oxygen atoms in total. The van der Waals surface area contributed by atoms with Crippen molar-refractivity contribution in [2.45, 2.75) is 0 Å². The van der Waals surface area contributed by atoms with Crippen LogP contribution >= 0.6 is 11.3 Å². The zero-order valence-corrected chi connectivity index (χ0v) is 10.7. The molecule has 0 radical (unpaired) electrons. The maximum Gasteiger partial charge on any atom is 0.305 e. The van der Waals surface area contributed by atoms with E-state index in [1.807, 2.05) is 0 Å². The number of hydrogen-bond donors (Lipinski definition) is 0. The van der Waals surface area contributed by atoms with Crippen molar-refractivity contribution in [3.63, 3.8) is 0 Å². The number of nitro groups is 1. The van der Waals surface area contributed by atoms with Crippen molar-refractivity contribution in [1.29, 1.82) is 0 Å². The molecule has 7 heteroatoms. The van der Waals surface area contributed by atoms with Gasteiger partial charge in [0.25, 0.3) is 0 Å². The van der Waals surface area contributed by atoms with Crippen LogP contribution in [-0.2, 0) is 0 Å². The Kier molecular flexibility index (Phi) is 2.90. The van der Waals surface area contributed by atoms with E-state index in [1.165, 1.54) is 35.6 Å². The van der Waals surface area contributed by atoms with Gasteiger partial charge in [0.2, 0.25) is 5.82 Å². The Morgan fingerprint density at radius 3 is 2.70 bits per heavy atom. The molecule has 1 heterocycles. The van der Waals surface area contributed by atoms with Gasteiger partial charge >= 0.3 is 5.69 Å². The van der Waals surface area contributed by atoms with Crippen molar-refractivity contribution in [3.8, 4) is 10.6 Å². The Hall–Kier alpha value is -2.41. The maximum atomic E-state index is 13.3. The van der Waals surface area contributed by atoms with Crippen molar-refractivity contribution in [3.05, 3.63) is 58.1 Å². The zero-order chi connectivity index (χ0) is 14.3. The average molecular weight is 292 g/mol. The highest BCUT2D eigenvalue weighted by atomic mass is 32.1. The fourth-order valence-corrected chi connectivity index (χ4v) is 2.79. The first-order valence-electron chi connectivity index (χ1n) is 5.55. The van der Waals surface area contributed by atoms with E-state index in [4.69, 9.17) is 0 Å². The van der Waals surface area contributed by atoms with Crippen LogP contribution in [0.2, 0.25) is 0 Å². The monoisotopic (exact) mass is 292 g/mol. The first-order chi connectivity index (χ1) is 9.54. The standard InChI is InChI=1S/C13H6F2N2O2S/c14-8-2-4-10-12(6-8)20-13(16-10)7-1-3-9(15)11(5-7)17(18)19/h1-6H. The second-order valence-electron chi connectivity index (χ2n) is 4.05. The van der Waals surface area contributed by atoms with Gasteiger partial charge in [0.15, 0.2) is 0 Å². The summed E-state index contributed by atoms with van der Waals surface area (Å²) < 4.78 is 27.0. The molecule has 20 heavy (non-hydrogen) atoms. The summed E-state index contributed by atoms with van der Waals surface area (Å²) in [5.41, 5.74) is 0.422. The Bertz CT molecular complexity index is 832. The van der Waals surface area contributed by atoms with Crippen LogP contribution in [0, 0.1) is 21.7 Å². The molecule has 1 aromatic heterocycles. The smallest absolute Gasteiger partial charge is 0.258 e. The summed E-state index contributed by atoms with van der Waals surface area (Å²) in [6.07, 6.45) is 0. The number of fused-ring (bicyclic) bond motifs is 1. The highest BCUT2D eigenvalue weighted by Gasteiger charge is 2.16. The summed E-state index contributed by atoms with van der Waals surface area (Å²) in [5.74, 6) is -1.27. The molecule has 0 aliphatic rings. The van der Waals surface area contributed by atoms with Crippen LogP contribution in [0.5, 0.6) is 0 Å². The van der Waals surface area contributed by atoms with Crippen LogP contribution in [0.1, 0.15) is 0 Å². The predicted molar refractivity (Wildman–Crippen MR) is 71.6 cm³/mol. The molecule has 0 atom stereocenters. The van der Waals surface area contributed by atoms with Crippen LogP contribution in [0.3, 0.4) is 0 Å². The molecule has 0 aliphatic heterocycles. The molecule has 0 saturated carbocycles. The molecule has 0 spiro atoms. The molecule has 0 bridgehead atoms. The van der Waals surface area contributed by atoms with E-state index in [1.54, 1.807) is 0 Å². The highest BCUT2D eigenvalue weighted by Crippen LogP contribution is 2.32.